The van der Waals surface area contributed by atoms with Crippen molar-refractivity contribution in [1.82, 2.24) is 10.3 Å². The lowest BCUT2D eigenvalue weighted by molar-refractivity contribution is -0.121. The highest BCUT2D eigenvalue weighted by molar-refractivity contribution is 5.76. The van der Waals surface area contributed by atoms with Crippen molar-refractivity contribution >= 4 is 17.4 Å². The predicted octanol–water partition coefficient (Wildman–Crippen LogP) is 1.39. The van der Waals surface area contributed by atoms with Gasteiger partial charge in [-0.15, -0.1) is 0 Å². The summed E-state index contributed by atoms with van der Waals surface area (Å²) in [5.41, 5.74) is 6.23. The van der Waals surface area contributed by atoms with E-state index in [2.05, 4.69) is 15.6 Å². The number of nitrogens with zero attached hydrogens (tertiary/aromatic N) is 1. The first-order chi connectivity index (χ1) is 9.02. The third-order valence-corrected chi connectivity index (χ3v) is 2.28. The van der Waals surface area contributed by atoms with E-state index in [0.717, 1.165) is 0 Å². The minimum atomic E-state index is 0.0166. The van der Waals surface area contributed by atoms with Crippen LogP contribution in [0.2, 0.25) is 0 Å². The Labute approximate surface area is 113 Å². The molecule has 0 saturated heterocycles. The quantitative estimate of drug-likeness (QED) is 0.694. The molecule has 4 N–H and O–H groups in total. The molecule has 0 aliphatic heterocycles. The normalized spacial score (nSPS) is 10.3. The van der Waals surface area contributed by atoms with E-state index in [1.54, 1.807) is 12.1 Å². The second-order valence-corrected chi connectivity index (χ2v) is 4.42. The van der Waals surface area contributed by atoms with E-state index in [0.29, 0.717) is 37.0 Å². The smallest absolute Gasteiger partial charge is 0.239 e. The zero-order valence-electron chi connectivity index (χ0n) is 11.7. The molecule has 0 saturated carbocycles. The third-order valence-electron chi connectivity index (χ3n) is 2.28. The van der Waals surface area contributed by atoms with E-state index in [1.807, 2.05) is 20.8 Å². The number of aromatic nitrogens is 1. The highest BCUT2D eigenvalue weighted by Gasteiger charge is 2.05. The Bertz CT molecular complexity index is 421. The molecule has 0 atom stereocenters. The number of pyridine rings is 1. The fourth-order valence-electron chi connectivity index (χ4n) is 1.50. The van der Waals surface area contributed by atoms with Crippen molar-refractivity contribution in [2.45, 2.75) is 33.2 Å². The van der Waals surface area contributed by atoms with Crippen LogP contribution in [0.15, 0.2) is 12.1 Å². The van der Waals surface area contributed by atoms with Crippen molar-refractivity contribution in [3.05, 3.63) is 12.1 Å². The third kappa shape index (κ3) is 5.46. The Kier molecular flexibility index (Phi) is 5.92. The van der Waals surface area contributed by atoms with Gasteiger partial charge in [0.2, 0.25) is 11.8 Å². The second kappa shape index (κ2) is 7.45. The molecule has 0 aliphatic carbocycles. The molecule has 1 rings (SSSR count). The number of nitrogens with one attached hydrogen (secondary N) is 2. The molecule has 1 heterocycles. The molecule has 0 radical (unpaired) electrons. The molecule has 1 amide bonds. The predicted molar refractivity (Wildman–Crippen MR) is 76.2 cm³/mol. The van der Waals surface area contributed by atoms with Gasteiger partial charge < -0.3 is 21.1 Å². The van der Waals surface area contributed by atoms with E-state index in [-0.39, 0.29) is 11.9 Å². The van der Waals surface area contributed by atoms with Gasteiger partial charge in [0.1, 0.15) is 5.82 Å². The fourth-order valence-corrected chi connectivity index (χ4v) is 1.50. The van der Waals surface area contributed by atoms with Gasteiger partial charge in [-0.2, -0.15) is 4.98 Å². The Hall–Kier alpha value is -1.98. The van der Waals surface area contributed by atoms with Gasteiger partial charge in [0.25, 0.3) is 0 Å². The molecule has 0 unspecified atom stereocenters. The van der Waals surface area contributed by atoms with Crippen LogP contribution in [0.4, 0.5) is 11.5 Å². The highest BCUT2D eigenvalue weighted by atomic mass is 16.5. The van der Waals surface area contributed by atoms with Crippen molar-refractivity contribution in [2.75, 3.05) is 24.2 Å². The van der Waals surface area contributed by atoms with E-state index in [1.165, 1.54) is 0 Å². The van der Waals surface area contributed by atoms with E-state index in [4.69, 9.17) is 10.5 Å². The van der Waals surface area contributed by atoms with Gasteiger partial charge in [0.15, 0.2) is 0 Å². The summed E-state index contributed by atoms with van der Waals surface area (Å²) in [7, 11) is 0. The molecule has 6 nitrogen and oxygen atoms in total. The summed E-state index contributed by atoms with van der Waals surface area (Å²) in [5.74, 6) is 1.08. The number of nitrogens with two attached hydrogens (primary N) is 1. The summed E-state index contributed by atoms with van der Waals surface area (Å²) < 4.78 is 5.30. The minimum absolute atomic E-state index is 0.0166. The van der Waals surface area contributed by atoms with Crippen molar-refractivity contribution in [1.29, 1.82) is 0 Å². The monoisotopic (exact) mass is 266 g/mol. The SMILES string of the molecule is CCOc1nc(NCCC(=O)NC(C)C)ccc1N. The lowest BCUT2D eigenvalue weighted by atomic mass is 10.3. The van der Waals surface area contributed by atoms with Crippen molar-refractivity contribution in [2.24, 2.45) is 0 Å². The molecule has 106 valence electrons. The summed E-state index contributed by atoms with van der Waals surface area (Å²) in [5, 5.41) is 5.89. The summed E-state index contributed by atoms with van der Waals surface area (Å²) in [4.78, 5) is 15.7. The van der Waals surface area contributed by atoms with Gasteiger partial charge in [-0.25, -0.2) is 0 Å². The van der Waals surface area contributed by atoms with E-state index >= 15 is 0 Å². The second-order valence-electron chi connectivity index (χ2n) is 4.42. The number of hydrogen-bond donors (Lipinski definition) is 3. The first kappa shape index (κ1) is 15.1. The van der Waals surface area contributed by atoms with Crippen molar-refractivity contribution in [3.8, 4) is 5.88 Å². The number of hydrogen-bond acceptors (Lipinski definition) is 5. The summed E-state index contributed by atoms with van der Waals surface area (Å²) in [6.45, 7) is 6.76. The Morgan fingerprint density at radius 1 is 1.47 bits per heavy atom. The number of anilines is 2. The average Bonchev–Trinajstić information content (AvgIpc) is 2.32. The maximum atomic E-state index is 11.5. The van der Waals surface area contributed by atoms with Gasteiger partial charge in [-0.1, -0.05) is 0 Å². The number of amides is 1. The molecular formula is C13H22N4O2. The molecule has 1 aromatic heterocycles. The Morgan fingerprint density at radius 2 is 2.21 bits per heavy atom. The van der Waals surface area contributed by atoms with Crippen molar-refractivity contribution in [3.63, 3.8) is 0 Å². The highest BCUT2D eigenvalue weighted by Crippen LogP contribution is 2.20. The van der Waals surface area contributed by atoms with Crippen LogP contribution in [-0.2, 0) is 4.79 Å². The molecule has 1 aromatic rings. The first-order valence-corrected chi connectivity index (χ1v) is 6.45. The number of rotatable bonds is 7. The van der Waals surface area contributed by atoms with Crippen LogP contribution in [0.25, 0.3) is 0 Å². The van der Waals surface area contributed by atoms with Gasteiger partial charge in [0, 0.05) is 19.0 Å². The summed E-state index contributed by atoms with van der Waals surface area (Å²) in [6.07, 6.45) is 0.397. The zero-order valence-corrected chi connectivity index (χ0v) is 11.7. The standard InChI is InChI=1S/C13H22N4O2/c1-4-19-13-10(14)5-6-11(17-13)15-8-7-12(18)16-9(2)3/h5-6,9H,4,7-8,14H2,1-3H3,(H,15,17)(H,16,18). The van der Waals surface area contributed by atoms with Crippen LogP contribution >= 0.6 is 0 Å². The van der Waals surface area contributed by atoms with Crippen molar-refractivity contribution < 1.29 is 9.53 Å². The van der Waals surface area contributed by atoms with Gasteiger partial charge >= 0.3 is 0 Å². The molecule has 0 aromatic carbocycles. The maximum absolute atomic E-state index is 11.5. The Balaban J connectivity index is 2.45. The molecule has 6 heteroatoms. The molecule has 0 fully saturated rings. The van der Waals surface area contributed by atoms with Crippen LogP contribution in [0, 0.1) is 0 Å². The number of carbonyl (C=O) groups excluding carboxylic acids is 1. The minimum Gasteiger partial charge on any atom is -0.476 e. The van der Waals surface area contributed by atoms with E-state index < -0.39 is 0 Å². The Morgan fingerprint density at radius 3 is 2.84 bits per heavy atom. The van der Waals surface area contributed by atoms with Crippen LogP contribution in [0.1, 0.15) is 27.2 Å². The largest absolute Gasteiger partial charge is 0.476 e. The van der Waals surface area contributed by atoms with Gasteiger partial charge in [-0.3, -0.25) is 4.79 Å². The molecule has 19 heavy (non-hydrogen) atoms. The van der Waals surface area contributed by atoms with Crippen LogP contribution in [-0.4, -0.2) is 30.1 Å². The van der Waals surface area contributed by atoms with Gasteiger partial charge in [0.05, 0.1) is 12.3 Å². The maximum Gasteiger partial charge on any atom is 0.239 e. The molecule has 0 bridgehead atoms. The van der Waals surface area contributed by atoms with Crippen LogP contribution in [0.3, 0.4) is 0 Å². The molecule has 0 spiro atoms. The number of nitrogen functional groups attached to an aromatic ring is 1. The van der Waals surface area contributed by atoms with Crippen LogP contribution in [0.5, 0.6) is 5.88 Å². The summed E-state index contributed by atoms with van der Waals surface area (Å²) in [6, 6.07) is 3.65. The van der Waals surface area contributed by atoms with E-state index in [9.17, 15) is 4.79 Å². The lowest BCUT2D eigenvalue weighted by Crippen LogP contribution is -2.31. The summed E-state index contributed by atoms with van der Waals surface area (Å²) >= 11 is 0. The molecular weight excluding hydrogens is 244 g/mol. The van der Waals surface area contributed by atoms with Crippen LogP contribution < -0.4 is 21.1 Å². The lowest BCUT2D eigenvalue weighted by Gasteiger charge is -2.11. The first-order valence-electron chi connectivity index (χ1n) is 6.45. The average molecular weight is 266 g/mol. The molecule has 0 aliphatic rings. The topological polar surface area (TPSA) is 89.3 Å². The number of carbonyl (C=O) groups is 1. The zero-order chi connectivity index (χ0) is 14.3. The number of ether oxygens (including phenoxy) is 1. The fraction of sp³-hybridized carbons (Fsp3) is 0.538. The van der Waals surface area contributed by atoms with Gasteiger partial charge in [-0.05, 0) is 32.9 Å².